The summed E-state index contributed by atoms with van der Waals surface area (Å²) in [5, 5.41) is 9.74. The second-order valence-electron chi connectivity index (χ2n) is 9.21. The highest BCUT2D eigenvalue weighted by Gasteiger charge is 2.21. The Balaban J connectivity index is 1.18. The van der Waals surface area contributed by atoms with Crippen LogP contribution in [0, 0.1) is 5.92 Å². The molecule has 194 valence electrons. The molecular weight excluding hydrogens is 482 g/mol. The fourth-order valence-electron chi connectivity index (χ4n) is 4.57. The number of carbonyl (C=O) groups is 1. The standard InChI is InChI=1S/C29H29N5O4/c1-19-18-26(35)31-32-28(19)20-7-9-21(10-8-20)38-17-4-3-16-34-27(36)14-12-24(33-34)22-11-13-25(37-2)29-23(22)6-5-15-30-29/h5-15,19H,3-4,16-18H2,1-2H3,(H,31,35). The minimum Gasteiger partial charge on any atom is -0.494 e. The highest BCUT2D eigenvalue weighted by Crippen LogP contribution is 2.31. The Morgan fingerprint density at radius 1 is 1.03 bits per heavy atom. The molecule has 0 saturated heterocycles. The predicted octanol–water partition coefficient (Wildman–Crippen LogP) is 4.19. The maximum absolute atomic E-state index is 12.5. The van der Waals surface area contributed by atoms with Crippen molar-refractivity contribution in [2.45, 2.75) is 32.7 Å². The summed E-state index contributed by atoms with van der Waals surface area (Å²) >= 11 is 0. The SMILES string of the molecule is COc1ccc(-c2ccc(=O)n(CCCCOc3ccc(C4=NNC(=O)CC4C)cc3)n2)c2cccnc12. The molecule has 38 heavy (non-hydrogen) atoms. The molecular formula is C29H29N5O4. The van der Waals surface area contributed by atoms with Gasteiger partial charge in [0.25, 0.3) is 5.56 Å². The zero-order valence-electron chi connectivity index (χ0n) is 21.4. The second-order valence-corrected chi connectivity index (χ2v) is 9.21. The van der Waals surface area contributed by atoms with E-state index in [1.54, 1.807) is 25.4 Å². The topological polar surface area (TPSA) is 108 Å². The van der Waals surface area contributed by atoms with Crippen molar-refractivity contribution in [2.24, 2.45) is 11.0 Å². The molecule has 2 aromatic carbocycles. The van der Waals surface area contributed by atoms with E-state index >= 15 is 0 Å². The van der Waals surface area contributed by atoms with Crippen LogP contribution in [0.15, 0.2) is 76.8 Å². The van der Waals surface area contributed by atoms with E-state index in [-0.39, 0.29) is 17.4 Å². The molecule has 0 aliphatic carbocycles. The Hall–Kier alpha value is -4.53. The van der Waals surface area contributed by atoms with E-state index in [9.17, 15) is 9.59 Å². The van der Waals surface area contributed by atoms with E-state index in [0.29, 0.717) is 31.0 Å². The number of unbranched alkanes of at least 4 members (excludes halogenated alkanes) is 1. The molecule has 0 fully saturated rings. The molecule has 1 aliphatic heterocycles. The normalized spacial score (nSPS) is 15.2. The van der Waals surface area contributed by atoms with Crippen LogP contribution in [0.5, 0.6) is 11.5 Å². The number of aromatic nitrogens is 3. The number of benzene rings is 2. The van der Waals surface area contributed by atoms with E-state index in [0.717, 1.165) is 46.3 Å². The second kappa shape index (κ2) is 11.2. The van der Waals surface area contributed by atoms with Gasteiger partial charge in [0, 0.05) is 42.1 Å². The number of rotatable bonds is 9. The summed E-state index contributed by atoms with van der Waals surface area (Å²) in [7, 11) is 1.62. The third-order valence-electron chi connectivity index (χ3n) is 6.54. The summed E-state index contributed by atoms with van der Waals surface area (Å²) < 4.78 is 12.8. The van der Waals surface area contributed by atoms with Gasteiger partial charge in [0.2, 0.25) is 5.91 Å². The van der Waals surface area contributed by atoms with Gasteiger partial charge < -0.3 is 9.47 Å². The number of aryl methyl sites for hydroxylation is 1. The molecule has 2 aromatic heterocycles. The number of methoxy groups -OCH3 is 1. The summed E-state index contributed by atoms with van der Waals surface area (Å²) in [5.41, 5.74) is 6.60. The molecule has 1 unspecified atom stereocenters. The van der Waals surface area contributed by atoms with Crippen molar-refractivity contribution < 1.29 is 14.3 Å². The molecule has 0 spiro atoms. The monoisotopic (exact) mass is 511 g/mol. The summed E-state index contributed by atoms with van der Waals surface area (Å²) in [5.74, 6) is 1.47. The van der Waals surface area contributed by atoms with Gasteiger partial charge in [-0.15, -0.1) is 0 Å². The average molecular weight is 512 g/mol. The highest BCUT2D eigenvalue weighted by molar-refractivity contribution is 6.05. The lowest BCUT2D eigenvalue weighted by Crippen LogP contribution is -2.31. The molecule has 1 N–H and O–H groups in total. The Morgan fingerprint density at radius 2 is 1.87 bits per heavy atom. The lowest BCUT2D eigenvalue weighted by atomic mass is 9.94. The van der Waals surface area contributed by atoms with Gasteiger partial charge in [0.15, 0.2) is 0 Å². The largest absolute Gasteiger partial charge is 0.494 e. The number of hydrogen-bond acceptors (Lipinski definition) is 7. The summed E-state index contributed by atoms with van der Waals surface area (Å²) in [6.45, 7) is 3.01. The number of nitrogens with zero attached hydrogens (tertiary/aromatic N) is 4. The number of fused-ring (bicyclic) bond motifs is 1. The molecule has 5 rings (SSSR count). The van der Waals surface area contributed by atoms with E-state index in [1.165, 1.54) is 4.68 Å². The van der Waals surface area contributed by atoms with Gasteiger partial charge in [-0.05, 0) is 66.9 Å². The smallest absolute Gasteiger partial charge is 0.266 e. The summed E-state index contributed by atoms with van der Waals surface area (Å²) in [4.78, 5) is 28.4. The fraction of sp³-hybridized carbons (Fsp3) is 0.276. The van der Waals surface area contributed by atoms with Crippen molar-refractivity contribution in [1.82, 2.24) is 20.2 Å². The van der Waals surface area contributed by atoms with E-state index in [1.807, 2.05) is 55.5 Å². The molecule has 0 bridgehead atoms. The Bertz CT molecular complexity index is 1550. The quantitative estimate of drug-likeness (QED) is 0.338. The number of amides is 1. The molecule has 1 atom stereocenters. The minimum atomic E-state index is -0.141. The number of hydrogen-bond donors (Lipinski definition) is 1. The van der Waals surface area contributed by atoms with Crippen molar-refractivity contribution in [2.75, 3.05) is 13.7 Å². The van der Waals surface area contributed by atoms with Gasteiger partial charge in [0.1, 0.15) is 17.0 Å². The van der Waals surface area contributed by atoms with Crippen LogP contribution in [-0.4, -0.2) is 40.1 Å². The summed E-state index contributed by atoms with van der Waals surface area (Å²) in [6, 6.07) is 18.7. The lowest BCUT2D eigenvalue weighted by molar-refractivity contribution is -0.121. The van der Waals surface area contributed by atoms with Gasteiger partial charge in [-0.1, -0.05) is 13.0 Å². The molecule has 4 aromatic rings. The van der Waals surface area contributed by atoms with Crippen molar-refractivity contribution in [3.8, 4) is 22.8 Å². The molecule has 9 nitrogen and oxygen atoms in total. The first-order valence-corrected chi connectivity index (χ1v) is 12.6. The fourth-order valence-corrected chi connectivity index (χ4v) is 4.57. The third kappa shape index (κ3) is 5.41. The maximum atomic E-state index is 12.5. The summed E-state index contributed by atoms with van der Waals surface area (Å²) in [6.07, 6.45) is 3.68. The minimum absolute atomic E-state index is 0.0584. The molecule has 0 radical (unpaired) electrons. The number of pyridine rings is 1. The first-order valence-electron chi connectivity index (χ1n) is 12.6. The van der Waals surface area contributed by atoms with Gasteiger partial charge in [-0.3, -0.25) is 14.6 Å². The van der Waals surface area contributed by atoms with Crippen LogP contribution in [0.3, 0.4) is 0 Å². The van der Waals surface area contributed by atoms with Crippen LogP contribution >= 0.6 is 0 Å². The zero-order chi connectivity index (χ0) is 26.5. The Kier molecular flexibility index (Phi) is 7.44. The molecule has 0 saturated carbocycles. The van der Waals surface area contributed by atoms with Gasteiger partial charge in [-0.2, -0.15) is 10.2 Å². The van der Waals surface area contributed by atoms with Gasteiger partial charge >= 0.3 is 0 Å². The van der Waals surface area contributed by atoms with Crippen molar-refractivity contribution in [3.63, 3.8) is 0 Å². The van der Waals surface area contributed by atoms with Crippen molar-refractivity contribution in [1.29, 1.82) is 0 Å². The number of ether oxygens (including phenoxy) is 2. The van der Waals surface area contributed by atoms with Gasteiger partial charge in [-0.25, -0.2) is 10.1 Å². The van der Waals surface area contributed by atoms with E-state index in [2.05, 4.69) is 20.6 Å². The van der Waals surface area contributed by atoms with Crippen LogP contribution < -0.4 is 20.5 Å². The predicted molar refractivity (Wildman–Crippen MR) is 145 cm³/mol. The lowest BCUT2D eigenvalue weighted by Gasteiger charge is -2.19. The Labute approximate surface area is 220 Å². The van der Waals surface area contributed by atoms with Crippen LogP contribution in [-0.2, 0) is 11.3 Å². The Morgan fingerprint density at radius 3 is 2.66 bits per heavy atom. The molecule has 1 aliphatic rings. The highest BCUT2D eigenvalue weighted by atomic mass is 16.5. The molecule has 1 amide bonds. The van der Waals surface area contributed by atoms with Crippen LogP contribution in [0.25, 0.3) is 22.2 Å². The number of hydrazone groups is 1. The van der Waals surface area contributed by atoms with E-state index in [4.69, 9.17) is 9.47 Å². The van der Waals surface area contributed by atoms with Gasteiger partial charge in [0.05, 0.1) is 25.1 Å². The maximum Gasteiger partial charge on any atom is 0.266 e. The molecule has 9 heteroatoms. The van der Waals surface area contributed by atoms with Crippen LogP contribution in [0.1, 0.15) is 31.7 Å². The van der Waals surface area contributed by atoms with Crippen molar-refractivity contribution in [3.05, 3.63) is 82.8 Å². The average Bonchev–Trinajstić information content (AvgIpc) is 2.94. The van der Waals surface area contributed by atoms with Crippen LogP contribution in [0.4, 0.5) is 0 Å². The first kappa shape index (κ1) is 25.1. The molecule has 3 heterocycles. The number of carbonyl (C=O) groups excluding carboxylic acids is 1. The zero-order valence-corrected chi connectivity index (χ0v) is 21.4. The van der Waals surface area contributed by atoms with Crippen LogP contribution in [0.2, 0.25) is 0 Å². The van der Waals surface area contributed by atoms with Crippen molar-refractivity contribution >= 4 is 22.5 Å². The number of nitrogens with one attached hydrogen (secondary N) is 1. The van der Waals surface area contributed by atoms with E-state index < -0.39 is 0 Å². The third-order valence-corrected chi connectivity index (χ3v) is 6.54. The first-order chi connectivity index (χ1) is 18.5.